The number of carbonyl (C=O) groups excluding carboxylic acids is 2. The van der Waals surface area contributed by atoms with Gasteiger partial charge in [-0.15, -0.1) is 0 Å². The third-order valence-electron chi connectivity index (χ3n) is 5.13. The van der Waals surface area contributed by atoms with Crippen LogP contribution in [0.25, 0.3) is 5.65 Å². The topological polar surface area (TPSA) is 75.5 Å². The van der Waals surface area contributed by atoms with Crippen molar-refractivity contribution in [3.63, 3.8) is 0 Å². The van der Waals surface area contributed by atoms with E-state index in [4.69, 9.17) is 11.6 Å². The van der Waals surface area contributed by atoms with E-state index in [-0.39, 0.29) is 23.7 Å². The summed E-state index contributed by atoms with van der Waals surface area (Å²) in [4.78, 5) is 29.7. The molecular formula is C20H27ClN4O2. The van der Waals surface area contributed by atoms with E-state index in [1.54, 1.807) is 12.3 Å². The lowest BCUT2D eigenvalue weighted by Crippen LogP contribution is -2.51. The van der Waals surface area contributed by atoms with Crippen LogP contribution in [0.3, 0.4) is 0 Å². The van der Waals surface area contributed by atoms with Gasteiger partial charge < -0.3 is 15.0 Å². The number of halogens is 1. The van der Waals surface area contributed by atoms with E-state index < -0.39 is 6.04 Å². The van der Waals surface area contributed by atoms with E-state index >= 15 is 0 Å². The zero-order chi connectivity index (χ0) is 19.4. The first kappa shape index (κ1) is 19.7. The number of imidazole rings is 1. The van der Waals surface area contributed by atoms with Gasteiger partial charge in [0.15, 0.2) is 0 Å². The monoisotopic (exact) mass is 390 g/mol. The van der Waals surface area contributed by atoms with Gasteiger partial charge in [0.05, 0.1) is 17.3 Å². The first-order chi connectivity index (χ1) is 12.9. The lowest BCUT2D eigenvalue weighted by molar-refractivity contribution is -0.132. The van der Waals surface area contributed by atoms with Crippen LogP contribution in [0.15, 0.2) is 24.5 Å². The smallest absolute Gasteiger partial charge is 0.243 e. The van der Waals surface area contributed by atoms with E-state index in [1.807, 2.05) is 30.5 Å². The summed E-state index contributed by atoms with van der Waals surface area (Å²) in [6, 6.07) is 3.07. The summed E-state index contributed by atoms with van der Waals surface area (Å²) in [5.74, 6) is -0.122. The molecule has 0 spiro atoms. The maximum Gasteiger partial charge on any atom is 0.243 e. The van der Waals surface area contributed by atoms with Gasteiger partial charge >= 0.3 is 0 Å². The molecule has 1 atom stereocenters. The highest BCUT2D eigenvalue weighted by atomic mass is 35.5. The molecule has 6 nitrogen and oxygen atoms in total. The lowest BCUT2D eigenvalue weighted by Gasteiger charge is -2.26. The van der Waals surface area contributed by atoms with E-state index in [2.05, 4.69) is 15.6 Å². The number of fused-ring (bicyclic) bond motifs is 1. The van der Waals surface area contributed by atoms with Gasteiger partial charge in [-0.3, -0.25) is 9.59 Å². The van der Waals surface area contributed by atoms with Gasteiger partial charge in [-0.25, -0.2) is 4.98 Å². The summed E-state index contributed by atoms with van der Waals surface area (Å²) in [7, 11) is 0. The van der Waals surface area contributed by atoms with Gasteiger partial charge in [0, 0.05) is 18.3 Å². The molecule has 0 radical (unpaired) electrons. The van der Waals surface area contributed by atoms with Crippen LogP contribution in [0, 0.1) is 11.8 Å². The number of nitrogens with zero attached hydrogens (tertiary/aromatic N) is 2. The molecule has 27 heavy (non-hydrogen) atoms. The van der Waals surface area contributed by atoms with Crippen molar-refractivity contribution in [3.05, 3.63) is 35.2 Å². The fraction of sp³-hybridized carbons (Fsp3) is 0.550. The minimum atomic E-state index is -0.536. The number of amides is 2. The zero-order valence-electron chi connectivity index (χ0n) is 15.9. The molecule has 0 unspecified atom stereocenters. The molecule has 0 aromatic carbocycles. The van der Waals surface area contributed by atoms with Crippen molar-refractivity contribution in [3.8, 4) is 0 Å². The second kappa shape index (κ2) is 8.74. The van der Waals surface area contributed by atoms with Gasteiger partial charge in [-0.1, -0.05) is 44.7 Å². The second-order valence-electron chi connectivity index (χ2n) is 7.63. The Labute approximate surface area is 164 Å². The van der Waals surface area contributed by atoms with Crippen LogP contribution in [-0.2, 0) is 16.1 Å². The van der Waals surface area contributed by atoms with Gasteiger partial charge in [-0.2, -0.15) is 0 Å². The van der Waals surface area contributed by atoms with Crippen LogP contribution in [0.1, 0.15) is 51.6 Å². The molecule has 146 valence electrons. The third kappa shape index (κ3) is 5.01. The summed E-state index contributed by atoms with van der Waals surface area (Å²) in [6.45, 7) is 4.19. The van der Waals surface area contributed by atoms with Crippen molar-refractivity contribution in [1.29, 1.82) is 0 Å². The van der Waals surface area contributed by atoms with Gasteiger partial charge in [0.2, 0.25) is 11.8 Å². The zero-order valence-corrected chi connectivity index (χ0v) is 16.6. The molecule has 2 heterocycles. The predicted molar refractivity (Wildman–Crippen MR) is 105 cm³/mol. The summed E-state index contributed by atoms with van der Waals surface area (Å²) >= 11 is 5.99. The average molecular weight is 391 g/mol. The summed E-state index contributed by atoms with van der Waals surface area (Å²) in [5, 5.41) is 6.49. The van der Waals surface area contributed by atoms with Gasteiger partial charge in [0.25, 0.3) is 0 Å². The molecule has 0 bridgehead atoms. The molecule has 2 aromatic rings. The molecule has 1 aliphatic rings. The number of hydrogen-bond acceptors (Lipinski definition) is 3. The van der Waals surface area contributed by atoms with Crippen LogP contribution in [0.2, 0.25) is 5.02 Å². The molecule has 1 saturated carbocycles. The summed E-state index contributed by atoms with van der Waals surface area (Å²) < 4.78 is 1.83. The van der Waals surface area contributed by atoms with Crippen LogP contribution < -0.4 is 10.6 Å². The largest absolute Gasteiger partial charge is 0.349 e. The van der Waals surface area contributed by atoms with Gasteiger partial charge in [-0.05, 0) is 30.9 Å². The highest BCUT2D eigenvalue weighted by Gasteiger charge is 2.28. The Hall–Kier alpha value is -2.08. The number of hydrogen-bond donors (Lipinski definition) is 2. The SMILES string of the molecule is CC(C)[C@@H](NC(=O)C1CCCCC1)C(=O)NCc1cn2cc(Cl)ccc2n1. The Bertz CT molecular complexity index is 811. The van der Waals surface area contributed by atoms with E-state index in [9.17, 15) is 9.59 Å². The highest BCUT2D eigenvalue weighted by Crippen LogP contribution is 2.24. The lowest BCUT2D eigenvalue weighted by atomic mass is 9.88. The van der Waals surface area contributed by atoms with Crippen LogP contribution in [-0.4, -0.2) is 27.2 Å². The Morgan fingerprint density at radius 2 is 1.96 bits per heavy atom. The Balaban J connectivity index is 1.59. The second-order valence-corrected chi connectivity index (χ2v) is 8.06. The number of aromatic nitrogens is 2. The van der Waals surface area contributed by atoms with Crippen LogP contribution in [0.5, 0.6) is 0 Å². The highest BCUT2D eigenvalue weighted by molar-refractivity contribution is 6.30. The number of rotatable bonds is 6. The number of carbonyl (C=O) groups is 2. The van der Waals surface area contributed by atoms with Crippen molar-refractivity contribution >= 4 is 29.1 Å². The number of pyridine rings is 1. The standard InChI is InChI=1S/C20H27ClN4O2/c1-13(2)18(24-19(26)14-6-4-3-5-7-14)20(27)22-10-16-12-25-11-15(21)8-9-17(25)23-16/h8-9,11-14,18H,3-7,10H2,1-2H3,(H,22,27)(H,24,26)/t18-/m1/s1. The van der Waals surface area contributed by atoms with Crippen molar-refractivity contribution < 1.29 is 9.59 Å². The van der Waals surface area contributed by atoms with Crippen molar-refractivity contribution in [2.75, 3.05) is 0 Å². The average Bonchev–Trinajstić information content (AvgIpc) is 3.06. The minimum absolute atomic E-state index is 0.00548. The molecule has 7 heteroatoms. The molecule has 0 saturated heterocycles. The van der Waals surface area contributed by atoms with E-state index in [0.717, 1.165) is 37.0 Å². The Morgan fingerprint density at radius 1 is 1.22 bits per heavy atom. The van der Waals surface area contributed by atoms with Gasteiger partial charge in [0.1, 0.15) is 11.7 Å². The third-order valence-corrected chi connectivity index (χ3v) is 5.36. The molecule has 2 aromatic heterocycles. The Morgan fingerprint density at radius 3 is 2.67 bits per heavy atom. The van der Waals surface area contributed by atoms with Crippen molar-refractivity contribution in [1.82, 2.24) is 20.0 Å². The molecule has 2 N–H and O–H groups in total. The van der Waals surface area contributed by atoms with Crippen molar-refractivity contribution in [2.45, 2.75) is 58.5 Å². The normalized spacial score (nSPS) is 16.4. The fourth-order valence-electron chi connectivity index (χ4n) is 3.56. The molecule has 2 amide bonds. The van der Waals surface area contributed by atoms with Crippen LogP contribution in [0.4, 0.5) is 0 Å². The van der Waals surface area contributed by atoms with Crippen LogP contribution >= 0.6 is 11.6 Å². The predicted octanol–water partition coefficient (Wildman–Crippen LogP) is 3.33. The van der Waals surface area contributed by atoms with Crippen molar-refractivity contribution in [2.24, 2.45) is 11.8 Å². The first-order valence-electron chi connectivity index (χ1n) is 9.65. The minimum Gasteiger partial charge on any atom is -0.349 e. The maximum atomic E-state index is 12.7. The number of nitrogens with one attached hydrogen (secondary N) is 2. The maximum absolute atomic E-state index is 12.7. The molecule has 0 aliphatic heterocycles. The molecule has 1 fully saturated rings. The quantitative estimate of drug-likeness (QED) is 0.794. The Kier molecular flexibility index (Phi) is 6.37. The van der Waals surface area contributed by atoms with E-state index in [1.165, 1.54) is 6.42 Å². The van der Waals surface area contributed by atoms with E-state index in [0.29, 0.717) is 11.6 Å². The summed E-state index contributed by atoms with van der Waals surface area (Å²) in [5.41, 5.74) is 1.52. The summed E-state index contributed by atoms with van der Waals surface area (Å²) in [6.07, 6.45) is 8.83. The first-order valence-corrected chi connectivity index (χ1v) is 10.0. The molecule has 3 rings (SSSR count). The molecular weight excluding hydrogens is 364 g/mol. The molecule has 1 aliphatic carbocycles. The fourth-order valence-corrected chi connectivity index (χ4v) is 3.73.